The molecule has 0 radical (unpaired) electrons. The molecule has 0 amide bonds. The van der Waals surface area contributed by atoms with Gasteiger partial charge in [-0.2, -0.15) is 0 Å². The van der Waals surface area contributed by atoms with Gasteiger partial charge in [0.05, 0.1) is 13.7 Å². The number of benzene rings is 2. The van der Waals surface area contributed by atoms with E-state index in [1.165, 1.54) is 19.3 Å². The summed E-state index contributed by atoms with van der Waals surface area (Å²) in [4.78, 5) is 2.46. The first kappa shape index (κ1) is 23.5. The van der Waals surface area contributed by atoms with Gasteiger partial charge >= 0.3 is 0 Å². The number of likely N-dealkylation sites (tertiary alicyclic amines) is 1. The Kier molecular flexibility index (Phi) is 9.28. The van der Waals surface area contributed by atoms with Crippen molar-refractivity contribution in [3.8, 4) is 11.5 Å². The Morgan fingerprint density at radius 2 is 1.69 bits per heavy atom. The largest absolute Gasteiger partial charge is 1.00 e. The van der Waals surface area contributed by atoms with Crippen LogP contribution in [0.25, 0.3) is 0 Å². The fraction of sp³-hybridized carbons (Fsp3) is 0.500. The third-order valence-electron chi connectivity index (χ3n) is 5.60. The lowest BCUT2D eigenvalue weighted by atomic mass is 9.82. The van der Waals surface area contributed by atoms with Crippen LogP contribution in [0.3, 0.4) is 0 Å². The number of aliphatic hydroxyl groups is 1. The Bertz CT molecular complexity index is 731. The first-order valence-corrected chi connectivity index (χ1v) is 10.5. The Morgan fingerprint density at radius 1 is 1.00 bits per heavy atom. The van der Waals surface area contributed by atoms with Crippen LogP contribution in [0.2, 0.25) is 0 Å². The monoisotopic (exact) mass is 418 g/mol. The number of rotatable bonds is 9. The maximum Gasteiger partial charge on any atom is 0.125 e. The minimum Gasteiger partial charge on any atom is -1.00 e. The topological polar surface area (TPSA) is 41.9 Å². The molecule has 0 bridgehead atoms. The Morgan fingerprint density at radius 3 is 2.34 bits per heavy atom. The zero-order chi connectivity index (χ0) is 19.8. The summed E-state index contributed by atoms with van der Waals surface area (Å²) in [6.07, 6.45) is 5.41. The fourth-order valence-electron chi connectivity index (χ4n) is 3.97. The van der Waals surface area contributed by atoms with E-state index in [1.54, 1.807) is 7.11 Å². The second kappa shape index (κ2) is 11.4. The average Bonchev–Trinajstić information content (AvgIpc) is 2.77. The summed E-state index contributed by atoms with van der Waals surface area (Å²) in [7, 11) is 1.66. The van der Waals surface area contributed by atoms with Crippen molar-refractivity contribution in [2.24, 2.45) is 0 Å². The van der Waals surface area contributed by atoms with Crippen molar-refractivity contribution in [2.45, 2.75) is 44.6 Å². The molecule has 4 nitrogen and oxygen atoms in total. The van der Waals surface area contributed by atoms with E-state index < -0.39 is 5.60 Å². The van der Waals surface area contributed by atoms with Gasteiger partial charge in [0, 0.05) is 12.1 Å². The maximum atomic E-state index is 11.9. The van der Waals surface area contributed by atoms with E-state index >= 15 is 0 Å². The summed E-state index contributed by atoms with van der Waals surface area (Å²) in [5.74, 6) is 1.55. The van der Waals surface area contributed by atoms with Gasteiger partial charge in [0.1, 0.15) is 17.1 Å². The van der Waals surface area contributed by atoms with Crippen LogP contribution in [0.5, 0.6) is 11.5 Å². The van der Waals surface area contributed by atoms with Crippen LogP contribution < -0.4 is 21.9 Å². The molecule has 1 N–H and O–H groups in total. The molecule has 1 fully saturated rings. The summed E-state index contributed by atoms with van der Waals surface area (Å²) in [5.41, 5.74) is 0.586. The lowest BCUT2D eigenvalue weighted by Gasteiger charge is -2.34. The van der Waals surface area contributed by atoms with Gasteiger partial charge in [-0.25, -0.2) is 0 Å². The van der Waals surface area contributed by atoms with Crippen molar-refractivity contribution in [2.75, 3.05) is 33.4 Å². The molecule has 0 aliphatic carbocycles. The molecular weight excluding hydrogens is 386 g/mol. The Labute approximate surface area is 181 Å². The van der Waals surface area contributed by atoms with E-state index in [9.17, 15) is 5.11 Å². The van der Waals surface area contributed by atoms with Gasteiger partial charge in [0.25, 0.3) is 0 Å². The Balaban J connectivity index is 0.00000300. The van der Waals surface area contributed by atoms with Crippen LogP contribution >= 0.6 is 0 Å². The molecule has 0 aromatic heterocycles. The summed E-state index contributed by atoms with van der Waals surface area (Å²) < 4.78 is 11.3. The number of piperidine rings is 1. The second-order valence-corrected chi connectivity index (χ2v) is 7.59. The number of nitrogens with zero attached hydrogens (tertiary/aromatic N) is 1. The fourth-order valence-corrected chi connectivity index (χ4v) is 3.97. The molecule has 29 heavy (non-hydrogen) atoms. The smallest absolute Gasteiger partial charge is 0.125 e. The summed E-state index contributed by atoms with van der Waals surface area (Å²) in [5, 5.41) is 11.9. The van der Waals surface area contributed by atoms with E-state index in [0.717, 1.165) is 48.7 Å². The summed E-state index contributed by atoms with van der Waals surface area (Å²) in [6, 6.07) is 15.6. The molecule has 0 spiro atoms. The Hall–Kier alpha value is -1.75. The van der Waals surface area contributed by atoms with Gasteiger partial charge < -0.3 is 31.9 Å². The molecule has 1 heterocycles. The number of ether oxygens (including phenoxy) is 2. The molecule has 1 aliphatic rings. The predicted octanol–water partition coefficient (Wildman–Crippen LogP) is 1.60. The summed E-state index contributed by atoms with van der Waals surface area (Å²) >= 11 is 0. The van der Waals surface area contributed by atoms with Crippen LogP contribution in [-0.2, 0) is 5.60 Å². The molecule has 0 saturated carbocycles. The molecule has 5 heteroatoms. The third kappa shape index (κ3) is 5.88. The normalized spacial score (nSPS) is 16.5. The van der Waals surface area contributed by atoms with Crippen LogP contribution in [0, 0.1) is 0 Å². The van der Waals surface area contributed by atoms with Crippen LogP contribution in [0.1, 0.15) is 50.2 Å². The minimum absolute atomic E-state index is 0. The average molecular weight is 419 g/mol. The van der Waals surface area contributed by atoms with Crippen LogP contribution in [0.15, 0.2) is 48.5 Å². The molecular formula is C24H33ClNO3-. The van der Waals surface area contributed by atoms with Gasteiger partial charge in [-0.05, 0) is 62.5 Å². The SMILES string of the molecule is CCCOc1ccc(C(O)(CCN2CCCCC2)c2ccccc2OC)cc1.[Cl-]. The van der Waals surface area contributed by atoms with Crippen molar-refractivity contribution in [3.63, 3.8) is 0 Å². The molecule has 2 aromatic carbocycles. The van der Waals surface area contributed by atoms with Crippen molar-refractivity contribution in [3.05, 3.63) is 59.7 Å². The third-order valence-corrected chi connectivity index (χ3v) is 5.60. The predicted molar refractivity (Wildman–Crippen MR) is 113 cm³/mol. The lowest BCUT2D eigenvalue weighted by Crippen LogP contribution is -3.00. The number of hydrogen-bond acceptors (Lipinski definition) is 4. The second-order valence-electron chi connectivity index (χ2n) is 7.59. The van der Waals surface area contributed by atoms with Gasteiger partial charge in [0.15, 0.2) is 0 Å². The quantitative estimate of drug-likeness (QED) is 0.671. The molecule has 1 saturated heterocycles. The van der Waals surface area contributed by atoms with Crippen molar-refractivity contribution in [1.29, 1.82) is 0 Å². The number of methoxy groups -OCH3 is 1. The zero-order valence-corrected chi connectivity index (χ0v) is 18.3. The molecule has 1 unspecified atom stereocenters. The first-order chi connectivity index (χ1) is 13.7. The summed E-state index contributed by atoms with van der Waals surface area (Å²) in [6.45, 7) is 5.89. The number of halogens is 1. The highest BCUT2D eigenvalue weighted by atomic mass is 35.5. The van der Waals surface area contributed by atoms with E-state index in [0.29, 0.717) is 13.0 Å². The first-order valence-electron chi connectivity index (χ1n) is 10.5. The minimum atomic E-state index is -1.10. The maximum absolute atomic E-state index is 11.9. The molecule has 1 aliphatic heterocycles. The lowest BCUT2D eigenvalue weighted by molar-refractivity contribution is -0.0000131. The van der Waals surface area contributed by atoms with E-state index in [4.69, 9.17) is 9.47 Å². The van der Waals surface area contributed by atoms with Gasteiger partial charge in [-0.3, -0.25) is 0 Å². The number of para-hydroxylation sites is 1. The number of hydrogen-bond donors (Lipinski definition) is 1. The van der Waals surface area contributed by atoms with Crippen LogP contribution in [0.4, 0.5) is 0 Å². The van der Waals surface area contributed by atoms with Crippen molar-refractivity contribution in [1.82, 2.24) is 4.90 Å². The van der Waals surface area contributed by atoms with E-state index in [-0.39, 0.29) is 12.4 Å². The molecule has 1 atom stereocenters. The highest BCUT2D eigenvalue weighted by Gasteiger charge is 2.34. The van der Waals surface area contributed by atoms with Crippen molar-refractivity contribution < 1.29 is 27.0 Å². The molecule has 160 valence electrons. The van der Waals surface area contributed by atoms with E-state index in [1.807, 2.05) is 48.5 Å². The van der Waals surface area contributed by atoms with E-state index in [2.05, 4.69) is 11.8 Å². The standard InChI is InChI=1S/C24H33NO3.ClH/c1-3-19-28-21-13-11-20(12-14-21)24(26,15-18-25-16-7-4-8-17-25)22-9-5-6-10-23(22)27-2;/h5-6,9-14,26H,3-4,7-8,15-19H2,1-2H3;1H/p-1. The van der Waals surface area contributed by atoms with Gasteiger partial charge in [-0.15, -0.1) is 0 Å². The zero-order valence-electron chi connectivity index (χ0n) is 17.6. The van der Waals surface area contributed by atoms with Crippen molar-refractivity contribution >= 4 is 0 Å². The highest BCUT2D eigenvalue weighted by molar-refractivity contribution is 5.45. The van der Waals surface area contributed by atoms with Gasteiger partial charge in [-0.1, -0.05) is 43.7 Å². The highest BCUT2D eigenvalue weighted by Crippen LogP contribution is 2.39. The molecule has 2 aromatic rings. The van der Waals surface area contributed by atoms with Crippen LogP contribution in [-0.4, -0.2) is 43.4 Å². The van der Waals surface area contributed by atoms with Gasteiger partial charge in [0.2, 0.25) is 0 Å². The molecule has 3 rings (SSSR count).